The van der Waals surface area contributed by atoms with E-state index in [4.69, 9.17) is 5.21 Å². The number of hydrogen-bond acceptors (Lipinski definition) is 4. The summed E-state index contributed by atoms with van der Waals surface area (Å²) >= 11 is 0. The van der Waals surface area contributed by atoms with E-state index in [2.05, 4.69) is 0 Å². The number of nitrogens with zero attached hydrogens (tertiary/aromatic N) is 2. The van der Waals surface area contributed by atoms with Crippen molar-refractivity contribution in [3.63, 3.8) is 0 Å². The molecule has 2 heterocycles. The monoisotopic (exact) mass is 383 g/mol. The standard InChI is InChI=1S/C17H22FN3O4S/c18-15-6-4-13(5-7-15)14-8-11-20(12-9-14)26(24,25)21-10-2-1-3-16(21)17(22)19-23/h4-8,16,23H,1-3,9-12H2,(H,19,22)/t16-/m1/s1. The van der Waals surface area contributed by atoms with Crippen molar-refractivity contribution in [2.45, 2.75) is 31.7 Å². The van der Waals surface area contributed by atoms with Crippen LogP contribution in [0.15, 0.2) is 30.3 Å². The van der Waals surface area contributed by atoms with Gasteiger partial charge in [-0.1, -0.05) is 24.6 Å². The van der Waals surface area contributed by atoms with E-state index < -0.39 is 22.2 Å². The highest BCUT2D eigenvalue weighted by atomic mass is 32.2. The van der Waals surface area contributed by atoms with Crippen LogP contribution in [-0.2, 0) is 15.0 Å². The van der Waals surface area contributed by atoms with E-state index >= 15 is 0 Å². The van der Waals surface area contributed by atoms with Gasteiger partial charge in [0.05, 0.1) is 0 Å². The van der Waals surface area contributed by atoms with Gasteiger partial charge in [0.15, 0.2) is 0 Å². The number of halogens is 1. The molecule has 1 saturated heterocycles. The molecule has 9 heteroatoms. The van der Waals surface area contributed by atoms with E-state index in [0.29, 0.717) is 19.3 Å². The summed E-state index contributed by atoms with van der Waals surface area (Å²) in [6.07, 6.45) is 4.13. The molecule has 1 aromatic carbocycles. The van der Waals surface area contributed by atoms with E-state index in [1.54, 1.807) is 17.6 Å². The molecule has 1 atom stereocenters. The average Bonchev–Trinajstić information content (AvgIpc) is 2.68. The molecule has 2 aliphatic rings. The molecule has 1 aromatic rings. The summed E-state index contributed by atoms with van der Waals surface area (Å²) in [4.78, 5) is 11.8. The topological polar surface area (TPSA) is 90.0 Å². The maximum absolute atomic E-state index is 13.0. The Labute approximate surface area is 152 Å². The Morgan fingerprint density at radius 1 is 1.19 bits per heavy atom. The number of carbonyl (C=O) groups is 1. The fraction of sp³-hybridized carbons (Fsp3) is 0.471. The molecule has 1 amide bonds. The average molecular weight is 383 g/mol. The van der Waals surface area contributed by atoms with Crippen LogP contribution in [0, 0.1) is 5.82 Å². The molecule has 0 radical (unpaired) electrons. The van der Waals surface area contributed by atoms with Crippen LogP contribution in [0.1, 0.15) is 31.2 Å². The first-order valence-electron chi connectivity index (χ1n) is 8.59. The van der Waals surface area contributed by atoms with Gasteiger partial charge in [-0.2, -0.15) is 17.0 Å². The first kappa shape index (κ1) is 19.0. The molecule has 2 N–H and O–H groups in total. The minimum atomic E-state index is -3.81. The Balaban J connectivity index is 1.76. The molecule has 0 aromatic heterocycles. The molecular weight excluding hydrogens is 361 g/mol. The van der Waals surface area contributed by atoms with E-state index in [-0.39, 0.29) is 25.5 Å². The molecule has 0 unspecified atom stereocenters. The molecule has 142 valence electrons. The fourth-order valence-corrected chi connectivity index (χ4v) is 5.22. The maximum Gasteiger partial charge on any atom is 0.283 e. The van der Waals surface area contributed by atoms with Crippen molar-refractivity contribution in [2.24, 2.45) is 0 Å². The Morgan fingerprint density at radius 2 is 1.92 bits per heavy atom. The van der Waals surface area contributed by atoms with Gasteiger partial charge in [0.2, 0.25) is 0 Å². The van der Waals surface area contributed by atoms with Crippen molar-refractivity contribution < 1.29 is 22.8 Å². The highest BCUT2D eigenvalue weighted by molar-refractivity contribution is 7.86. The number of nitrogens with one attached hydrogen (secondary N) is 1. The molecule has 0 bridgehead atoms. The quantitative estimate of drug-likeness (QED) is 0.609. The first-order chi connectivity index (χ1) is 12.4. The lowest BCUT2D eigenvalue weighted by Crippen LogP contribution is -2.56. The highest BCUT2D eigenvalue weighted by Crippen LogP contribution is 2.28. The predicted molar refractivity (Wildman–Crippen MR) is 93.8 cm³/mol. The zero-order valence-electron chi connectivity index (χ0n) is 14.3. The third-order valence-corrected chi connectivity index (χ3v) is 6.89. The third-order valence-electron chi connectivity index (χ3n) is 4.88. The van der Waals surface area contributed by atoms with E-state index in [1.807, 2.05) is 6.08 Å². The molecule has 0 spiro atoms. The second kappa shape index (κ2) is 7.83. The smallest absolute Gasteiger partial charge is 0.283 e. The molecule has 0 aliphatic carbocycles. The summed E-state index contributed by atoms with van der Waals surface area (Å²) in [6.45, 7) is 0.736. The van der Waals surface area contributed by atoms with E-state index in [9.17, 15) is 17.6 Å². The van der Waals surface area contributed by atoms with Crippen LogP contribution in [0.4, 0.5) is 4.39 Å². The number of piperidine rings is 1. The van der Waals surface area contributed by atoms with Gasteiger partial charge in [-0.25, -0.2) is 9.87 Å². The maximum atomic E-state index is 13.0. The second-order valence-corrected chi connectivity index (χ2v) is 8.33. The van der Waals surface area contributed by atoms with Crippen LogP contribution in [0.2, 0.25) is 0 Å². The van der Waals surface area contributed by atoms with Gasteiger partial charge in [-0.3, -0.25) is 10.0 Å². The second-order valence-electron chi connectivity index (χ2n) is 6.45. The zero-order chi connectivity index (χ0) is 18.7. The van der Waals surface area contributed by atoms with Crippen LogP contribution in [0.25, 0.3) is 5.57 Å². The van der Waals surface area contributed by atoms with Gasteiger partial charge in [-0.15, -0.1) is 0 Å². The van der Waals surface area contributed by atoms with Gasteiger partial charge < -0.3 is 0 Å². The minimum absolute atomic E-state index is 0.193. The molecule has 3 rings (SSSR count). The summed E-state index contributed by atoms with van der Waals surface area (Å²) < 4.78 is 41.5. The van der Waals surface area contributed by atoms with Crippen molar-refractivity contribution in [3.8, 4) is 0 Å². The third kappa shape index (κ3) is 3.80. The summed E-state index contributed by atoms with van der Waals surface area (Å²) in [6, 6.07) is 5.23. The number of rotatable bonds is 4. The van der Waals surface area contributed by atoms with Crippen molar-refractivity contribution >= 4 is 21.7 Å². The van der Waals surface area contributed by atoms with Gasteiger partial charge in [0, 0.05) is 19.6 Å². The highest BCUT2D eigenvalue weighted by Gasteiger charge is 2.40. The predicted octanol–water partition coefficient (Wildman–Crippen LogP) is 1.52. The Morgan fingerprint density at radius 3 is 2.54 bits per heavy atom. The SMILES string of the molecule is O=C(NO)[C@H]1CCCCN1S(=O)(=O)N1CC=C(c2ccc(F)cc2)CC1. The normalized spacial score (nSPS) is 22.7. The van der Waals surface area contributed by atoms with Crippen molar-refractivity contribution in [3.05, 3.63) is 41.7 Å². The van der Waals surface area contributed by atoms with Crippen molar-refractivity contribution in [1.82, 2.24) is 14.1 Å². The number of hydrogen-bond donors (Lipinski definition) is 2. The molecule has 2 aliphatic heterocycles. The number of amides is 1. The lowest BCUT2D eigenvalue weighted by molar-refractivity contribution is -0.134. The van der Waals surface area contributed by atoms with Crippen LogP contribution in [-0.4, -0.2) is 53.8 Å². The summed E-state index contributed by atoms with van der Waals surface area (Å²) in [5, 5.41) is 8.89. The van der Waals surface area contributed by atoms with Crippen LogP contribution >= 0.6 is 0 Å². The number of carbonyl (C=O) groups excluding carboxylic acids is 1. The van der Waals surface area contributed by atoms with Crippen LogP contribution in [0.3, 0.4) is 0 Å². The summed E-state index contributed by atoms with van der Waals surface area (Å²) in [5.74, 6) is -1.01. The van der Waals surface area contributed by atoms with Crippen molar-refractivity contribution in [1.29, 1.82) is 0 Å². The number of hydroxylamine groups is 1. The Bertz CT molecular complexity index is 795. The van der Waals surface area contributed by atoms with E-state index in [0.717, 1.165) is 17.6 Å². The molecule has 0 saturated carbocycles. The lowest BCUT2D eigenvalue weighted by Gasteiger charge is -2.37. The molecule has 7 nitrogen and oxygen atoms in total. The Kier molecular flexibility index (Phi) is 5.71. The van der Waals surface area contributed by atoms with Gasteiger partial charge >= 0.3 is 0 Å². The van der Waals surface area contributed by atoms with Gasteiger partial charge in [0.1, 0.15) is 11.9 Å². The van der Waals surface area contributed by atoms with Gasteiger partial charge in [-0.05, 0) is 42.5 Å². The van der Waals surface area contributed by atoms with Gasteiger partial charge in [0.25, 0.3) is 16.1 Å². The lowest BCUT2D eigenvalue weighted by atomic mass is 10.0. The fourth-order valence-electron chi connectivity index (χ4n) is 3.45. The zero-order valence-corrected chi connectivity index (χ0v) is 15.1. The molecular formula is C17H22FN3O4S. The van der Waals surface area contributed by atoms with Crippen LogP contribution < -0.4 is 5.48 Å². The van der Waals surface area contributed by atoms with Crippen LogP contribution in [0.5, 0.6) is 0 Å². The largest absolute Gasteiger partial charge is 0.289 e. The molecule has 26 heavy (non-hydrogen) atoms. The minimum Gasteiger partial charge on any atom is -0.289 e. The van der Waals surface area contributed by atoms with Crippen molar-refractivity contribution in [2.75, 3.05) is 19.6 Å². The molecule has 1 fully saturated rings. The number of benzene rings is 1. The first-order valence-corrected chi connectivity index (χ1v) is 9.99. The summed E-state index contributed by atoms with van der Waals surface area (Å²) in [5.41, 5.74) is 3.41. The Hall–Kier alpha value is -1.81. The summed E-state index contributed by atoms with van der Waals surface area (Å²) in [7, 11) is -3.81. The van der Waals surface area contributed by atoms with E-state index in [1.165, 1.54) is 20.7 Å².